The summed E-state index contributed by atoms with van der Waals surface area (Å²) in [6.45, 7) is 4.24. The largest absolute Gasteiger partial charge is 0.394 e. The molecule has 2 atom stereocenters. The van der Waals surface area contributed by atoms with E-state index in [4.69, 9.17) is 0 Å². The van der Waals surface area contributed by atoms with E-state index in [2.05, 4.69) is 92.1 Å². The molecule has 0 aliphatic rings. The van der Waals surface area contributed by atoms with E-state index in [0.29, 0.717) is 12.8 Å². The van der Waals surface area contributed by atoms with Crippen molar-refractivity contribution in [2.45, 2.75) is 257 Å². The molecular weight excluding hydrogens is 711 g/mol. The fourth-order valence-electron chi connectivity index (χ4n) is 7.42. The Morgan fingerprint density at radius 3 is 1.14 bits per heavy atom. The molecule has 0 aromatic heterocycles. The van der Waals surface area contributed by atoms with Gasteiger partial charge >= 0.3 is 0 Å². The predicted molar refractivity (Wildman–Crippen MR) is 257 cm³/mol. The topological polar surface area (TPSA) is 69.6 Å². The summed E-state index contributed by atoms with van der Waals surface area (Å²) in [7, 11) is 0. The van der Waals surface area contributed by atoms with E-state index in [1.165, 1.54) is 135 Å². The van der Waals surface area contributed by atoms with Gasteiger partial charge in [0.25, 0.3) is 0 Å². The molecule has 0 aromatic carbocycles. The molecule has 4 heteroatoms. The fourth-order valence-corrected chi connectivity index (χ4v) is 7.42. The first-order valence-electron chi connectivity index (χ1n) is 25.1. The molecule has 3 N–H and O–H groups in total. The van der Waals surface area contributed by atoms with E-state index < -0.39 is 12.1 Å². The monoisotopic (exact) mass is 808 g/mol. The van der Waals surface area contributed by atoms with E-state index in [-0.39, 0.29) is 12.5 Å². The summed E-state index contributed by atoms with van der Waals surface area (Å²) in [5, 5.41) is 23.3. The number of hydrogen-bond donors (Lipinski definition) is 3. The van der Waals surface area contributed by atoms with Crippen molar-refractivity contribution in [3.8, 4) is 0 Å². The molecule has 0 aromatic rings. The van der Waals surface area contributed by atoms with E-state index in [0.717, 1.165) is 83.5 Å². The zero-order valence-corrected chi connectivity index (χ0v) is 38.5. The lowest BCUT2D eigenvalue weighted by Gasteiger charge is -2.22. The number of allylic oxidation sites excluding steroid dienone is 12. The van der Waals surface area contributed by atoms with Gasteiger partial charge in [-0.3, -0.25) is 4.79 Å². The number of nitrogens with one attached hydrogen (secondary N) is 1. The third-order valence-corrected chi connectivity index (χ3v) is 11.2. The summed E-state index contributed by atoms with van der Waals surface area (Å²) in [6.07, 6.45) is 70.0. The average Bonchev–Trinajstić information content (AvgIpc) is 3.23. The Hall–Kier alpha value is -2.17. The Kier molecular flexibility index (Phi) is 47.4. The summed E-state index contributed by atoms with van der Waals surface area (Å²) < 4.78 is 0. The Morgan fingerprint density at radius 1 is 0.431 bits per heavy atom. The van der Waals surface area contributed by atoms with Gasteiger partial charge in [0.2, 0.25) is 5.91 Å². The molecule has 0 spiro atoms. The number of carbonyl (C=O) groups is 1. The van der Waals surface area contributed by atoms with Crippen molar-refractivity contribution < 1.29 is 15.0 Å². The molecule has 0 bridgehead atoms. The molecule has 0 aliphatic heterocycles. The van der Waals surface area contributed by atoms with Crippen molar-refractivity contribution >= 4 is 5.91 Å². The quantitative estimate of drug-likeness (QED) is 0.0424. The normalized spacial score (nSPS) is 13.5. The molecule has 0 aliphatic carbocycles. The van der Waals surface area contributed by atoms with Crippen LogP contribution in [-0.2, 0) is 4.79 Å². The van der Waals surface area contributed by atoms with E-state index in [1.54, 1.807) is 0 Å². The van der Waals surface area contributed by atoms with E-state index in [1.807, 2.05) is 0 Å². The minimum atomic E-state index is -0.676. The average molecular weight is 808 g/mol. The molecule has 0 saturated heterocycles. The highest BCUT2D eigenvalue weighted by atomic mass is 16.3. The third-order valence-electron chi connectivity index (χ3n) is 11.2. The van der Waals surface area contributed by atoms with Gasteiger partial charge in [-0.15, -0.1) is 0 Å². The summed E-state index contributed by atoms with van der Waals surface area (Å²) in [6, 6.07) is -0.555. The third kappa shape index (κ3) is 44.9. The van der Waals surface area contributed by atoms with Crippen molar-refractivity contribution in [3.63, 3.8) is 0 Å². The van der Waals surface area contributed by atoms with Gasteiger partial charge in [0.15, 0.2) is 0 Å². The lowest BCUT2D eigenvalue weighted by molar-refractivity contribution is -0.123. The fraction of sp³-hybridized carbons (Fsp3) is 0.759. The van der Waals surface area contributed by atoms with Crippen molar-refractivity contribution in [2.24, 2.45) is 0 Å². The second-order valence-corrected chi connectivity index (χ2v) is 16.9. The van der Waals surface area contributed by atoms with E-state index in [9.17, 15) is 15.0 Å². The molecule has 4 nitrogen and oxygen atoms in total. The van der Waals surface area contributed by atoms with Gasteiger partial charge in [0.05, 0.1) is 18.8 Å². The van der Waals surface area contributed by atoms with Crippen LogP contribution in [0.3, 0.4) is 0 Å². The van der Waals surface area contributed by atoms with Crippen molar-refractivity contribution in [2.75, 3.05) is 6.61 Å². The van der Waals surface area contributed by atoms with Gasteiger partial charge in [-0.25, -0.2) is 0 Å². The smallest absolute Gasteiger partial charge is 0.220 e. The zero-order valence-electron chi connectivity index (χ0n) is 38.5. The van der Waals surface area contributed by atoms with Crippen LogP contribution in [0.25, 0.3) is 0 Å². The Morgan fingerprint density at radius 2 is 0.759 bits per heavy atom. The minimum absolute atomic E-state index is 0.0561. The van der Waals surface area contributed by atoms with Gasteiger partial charge in [-0.2, -0.15) is 0 Å². The molecule has 0 radical (unpaired) electrons. The lowest BCUT2D eigenvalue weighted by atomic mass is 10.0. The number of aliphatic hydroxyl groups excluding tert-OH is 2. The minimum Gasteiger partial charge on any atom is -0.394 e. The summed E-state index contributed by atoms with van der Waals surface area (Å²) >= 11 is 0. The van der Waals surface area contributed by atoms with Crippen LogP contribution in [0.4, 0.5) is 0 Å². The first-order valence-corrected chi connectivity index (χ1v) is 25.1. The number of carbonyl (C=O) groups excluding carboxylic acids is 1. The van der Waals surface area contributed by atoms with Gasteiger partial charge in [0.1, 0.15) is 0 Å². The summed E-state index contributed by atoms with van der Waals surface area (Å²) in [5.74, 6) is -0.0561. The maximum atomic E-state index is 12.4. The Balaban J connectivity index is 3.57. The van der Waals surface area contributed by atoms with Gasteiger partial charge in [0, 0.05) is 6.42 Å². The number of hydrogen-bond acceptors (Lipinski definition) is 3. The maximum absolute atomic E-state index is 12.4. The first-order chi connectivity index (χ1) is 28.7. The number of amides is 1. The van der Waals surface area contributed by atoms with Crippen LogP contribution in [0.5, 0.6) is 0 Å². The molecule has 0 saturated carbocycles. The standard InChI is InChI=1S/C54H97NO3/c1-3-5-7-9-11-13-15-17-19-21-23-25-27-29-31-33-35-37-39-41-43-45-47-49-53(57)52(51-56)55-54(58)50-48-46-44-42-40-38-36-34-32-30-28-26-24-22-20-18-16-14-12-10-8-6-4-2/h6,8,12,14,18,20,24,26,30,32,36,38,52-53,56-57H,3-5,7,9-11,13,15-17,19,21-23,25,27-29,31,33-35,37,39-51H2,1-2H3,(H,55,58)/b8-6-,14-12-,20-18-,26-24-,32-30-,38-36-. The van der Waals surface area contributed by atoms with Crippen molar-refractivity contribution in [1.29, 1.82) is 0 Å². The highest BCUT2D eigenvalue weighted by Gasteiger charge is 2.20. The van der Waals surface area contributed by atoms with Crippen LogP contribution in [-0.4, -0.2) is 34.9 Å². The van der Waals surface area contributed by atoms with Crippen LogP contribution in [0, 0.1) is 0 Å². The van der Waals surface area contributed by atoms with Crippen molar-refractivity contribution in [1.82, 2.24) is 5.32 Å². The molecule has 0 fully saturated rings. The van der Waals surface area contributed by atoms with Crippen LogP contribution in [0.1, 0.15) is 245 Å². The highest BCUT2D eigenvalue weighted by molar-refractivity contribution is 5.76. The van der Waals surface area contributed by atoms with Gasteiger partial charge in [-0.1, -0.05) is 247 Å². The van der Waals surface area contributed by atoms with Crippen LogP contribution < -0.4 is 5.32 Å². The molecule has 2 unspecified atom stereocenters. The van der Waals surface area contributed by atoms with Crippen LogP contribution in [0.15, 0.2) is 72.9 Å². The zero-order chi connectivity index (χ0) is 42.1. The molecule has 0 rings (SSSR count). The maximum Gasteiger partial charge on any atom is 0.220 e. The number of rotatable bonds is 45. The first kappa shape index (κ1) is 55.8. The summed E-state index contributed by atoms with van der Waals surface area (Å²) in [4.78, 5) is 12.4. The second-order valence-electron chi connectivity index (χ2n) is 16.9. The highest BCUT2D eigenvalue weighted by Crippen LogP contribution is 2.16. The predicted octanol–water partition coefficient (Wildman–Crippen LogP) is 16.2. The molecule has 58 heavy (non-hydrogen) atoms. The number of unbranched alkanes of at least 4 members (excludes halogenated alkanes) is 26. The van der Waals surface area contributed by atoms with Crippen LogP contribution >= 0.6 is 0 Å². The number of aliphatic hydroxyl groups is 2. The van der Waals surface area contributed by atoms with Crippen molar-refractivity contribution in [3.05, 3.63) is 72.9 Å². The molecular formula is C54H97NO3. The van der Waals surface area contributed by atoms with E-state index >= 15 is 0 Å². The molecule has 336 valence electrons. The Labute approximate surface area is 361 Å². The van der Waals surface area contributed by atoms with Gasteiger partial charge < -0.3 is 15.5 Å². The SMILES string of the molecule is CC/C=C\C/C=C\C/C=C\C/C=C\C/C=C\C/C=C\CCCCCCC(=O)NC(CO)C(O)CCCCCCCCCCCCCCCCCCCCCCCCC. The Bertz CT molecular complexity index is 1010. The van der Waals surface area contributed by atoms with Crippen LogP contribution in [0.2, 0.25) is 0 Å². The second kappa shape index (κ2) is 49.2. The molecule has 0 heterocycles. The van der Waals surface area contributed by atoms with Gasteiger partial charge in [-0.05, 0) is 64.2 Å². The lowest BCUT2D eigenvalue weighted by Crippen LogP contribution is -2.45. The molecule has 1 amide bonds. The summed E-state index contributed by atoms with van der Waals surface area (Å²) in [5.41, 5.74) is 0.